The van der Waals surface area contributed by atoms with Crippen LogP contribution in [-0.2, 0) is 14.9 Å². The smallest absolute Gasteiger partial charge is 0.269 e. The summed E-state index contributed by atoms with van der Waals surface area (Å²) in [6.45, 7) is 4.49. The molecule has 10 nitrogen and oxygen atoms in total. The Balaban J connectivity index is 2.19. The largest absolute Gasteiger partial charge is 0.493 e. The van der Waals surface area contributed by atoms with Crippen LogP contribution in [0.5, 0.6) is 11.5 Å². The first-order valence-electron chi connectivity index (χ1n) is 10.1. The van der Waals surface area contributed by atoms with Crippen molar-refractivity contribution < 1.29 is 36.8 Å². The van der Waals surface area contributed by atoms with Gasteiger partial charge in [0.15, 0.2) is 11.5 Å². The van der Waals surface area contributed by atoms with Crippen LogP contribution in [0, 0.1) is 0 Å². The van der Waals surface area contributed by atoms with Crippen LogP contribution in [0.1, 0.15) is 53.1 Å². The Hall–Kier alpha value is -3.44. The molecule has 2 aromatic rings. The molecule has 2 N–H and O–H groups in total. The number of carbonyl (C=O) groups excluding carboxylic acids is 3. The van der Waals surface area contributed by atoms with Gasteiger partial charge in [-0.15, -0.1) is 0 Å². The van der Waals surface area contributed by atoms with Crippen LogP contribution in [0.2, 0.25) is 0 Å². The van der Waals surface area contributed by atoms with Crippen LogP contribution in [0.3, 0.4) is 0 Å². The van der Waals surface area contributed by atoms with Gasteiger partial charge in [-0.25, -0.2) is 0 Å². The quantitative estimate of drug-likeness (QED) is 0.438. The summed E-state index contributed by atoms with van der Waals surface area (Å²) in [7, 11) is -3.25. The molecule has 0 spiro atoms. The summed E-state index contributed by atoms with van der Waals surface area (Å²) in [6.07, 6.45) is 0. The first-order chi connectivity index (χ1) is 15.5. The molecule has 0 aliphatic carbocycles. The van der Waals surface area contributed by atoms with E-state index in [2.05, 4.69) is 5.32 Å². The van der Waals surface area contributed by atoms with E-state index in [-0.39, 0.29) is 34.7 Å². The number of carbonyl (C=O) groups is 3. The average Bonchev–Trinajstić information content (AvgIpc) is 2.99. The van der Waals surface area contributed by atoms with E-state index in [1.54, 1.807) is 6.92 Å². The summed E-state index contributed by atoms with van der Waals surface area (Å²) in [6, 6.07) is 7.47. The molecule has 2 aromatic carbocycles. The molecule has 33 heavy (non-hydrogen) atoms. The van der Waals surface area contributed by atoms with Gasteiger partial charge in [0.25, 0.3) is 21.9 Å². The Kier molecular flexibility index (Phi) is 6.75. The van der Waals surface area contributed by atoms with Gasteiger partial charge < -0.3 is 14.8 Å². The van der Waals surface area contributed by atoms with Crippen LogP contribution in [0.25, 0.3) is 0 Å². The van der Waals surface area contributed by atoms with Crippen LogP contribution in [0.4, 0.5) is 5.69 Å². The number of imide groups is 1. The molecule has 11 heteroatoms. The van der Waals surface area contributed by atoms with Crippen molar-refractivity contribution in [2.24, 2.45) is 0 Å². The van der Waals surface area contributed by atoms with E-state index in [0.717, 1.165) is 4.90 Å². The fourth-order valence-electron chi connectivity index (χ4n) is 3.79. The molecule has 1 heterocycles. The van der Waals surface area contributed by atoms with Crippen molar-refractivity contribution in [2.45, 2.75) is 32.1 Å². The van der Waals surface area contributed by atoms with E-state index in [9.17, 15) is 27.4 Å². The summed E-state index contributed by atoms with van der Waals surface area (Å²) in [5.41, 5.74) is 0.324. The average molecular weight is 477 g/mol. The molecule has 0 saturated carbocycles. The van der Waals surface area contributed by atoms with E-state index in [0.29, 0.717) is 5.75 Å². The van der Waals surface area contributed by atoms with E-state index < -0.39 is 39.1 Å². The number of nitrogens with one attached hydrogen (secondary N) is 1. The maximum absolute atomic E-state index is 13.4. The molecular formula is C22H24N2O8S. The molecule has 0 fully saturated rings. The van der Waals surface area contributed by atoms with E-state index in [1.807, 2.05) is 0 Å². The van der Waals surface area contributed by atoms with Crippen molar-refractivity contribution in [1.82, 2.24) is 4.90 Å². The van der Waals surface area contributed by atoms with Gasteiger partial charge in [0, 0.05) is 6.92 Å². The van der Waals surface area contributed by atoms with Gasteiger partial charge in [-0.2, -0.15) is 8.42 Å². The highest BCUT2D eigenvalue weighted by Gasteiger charge is 2.46. The lowest BCUT2D eigenvalue weighted by Gasteiger charge is -2.30. The normalized spacial score (nSPS) is 15.1. The number of methoxy groups -OCH3 is 1. The second-order valence-corrected chi connectivity index (χ2v) is 9.17. The van der Waals surface area contributed by atoms with Gasteiger partial charge in [-0.05, 0) is 43.7 Å². The summed E-state index contributed by atoms with van der Waals surface area (Å²) in [5, 5.41) is 0.950. The Labute approximate surface area is 191 Å². The number of hydrogen-bond acceptors (Lipinski definition) is 7. The molecule has 3 amide bonds. The summed E-state index contributed by atoms with van der Waals surface area (Å²) >= 11 is 0. The van der Waals surface area contributed by atoms with E-state index in [1.165, 1.54) is 57.4 Å². The van der Waals surface area contributed by atoms with E-state index in [4.69, 9.17) is 9.47 Å². The molecule has 176 valence electrons. The zero-order chi connectivity index (χ0) is 24.5. The summed E-state index contributed by atoms with van der Waals surface area (Å²) < 4.78 is 44.9. The number of benzene rings is 2. The van der Waals surface area contributed by atoms with Crippen molar-refractivity contribution >= 4 is 33.5 Å². The van der Waals surface area contributed by atoms with Crippen LogP contribution in [0.15, 0.2) is 36.4 Å². The minimum Gasteiger partial charge on any atom is -0.493 e. The SMILES string of the molecule is CCOc1cc(C(C(C)S(=O)(=O)O)N2C(=O)c3cccc(NC(C)=O)c3C2=O)ccc1OC. The zero-order valence-electron chi connectivity index (χ0n) is 18.5. The molecule has 0 radical (unpaired) electrons. The lowest BCUT2D eigenvalue weighted by molar-refractivity contribution is -0.114. The van der Waals surface area contributed by atoms with Gasteiger partial charge in [-0.3, -0.25) is 23.8 Å². The topological polar surface area (TPSA) is 139 Å². The van der Waals surface area contributed by atoms with Crippen LogP contribution < -0.4 is 14.8 Å². The summed E-state index contributed by atoms with van der Waals surface area (Å²) in [5.74, 6) is -1.35. The van der Waals surface area contributed by atoms with Gasteiger partial charge in [0.05, 0.1) is 36.6 Å². The monoisotopic (exact) mass is 476 g/mol. The zero-order valence-corrected chi connectivity index (χ0v) is 19.3. The first kappa shape index (κ1) is 24.2. The van der Waals surface area contributed by atoms with Gasteiger partial charge in [0.2, 0.25) is 5.91 Å². The minimum absolute atomic E-state index is 0.0114. The molecule has 0 aromatic heterocycles. The van der Waals surface area contributed by atoms with Crippen LogP contribution >= 0.6 is 0 Å². The highest BCUT2D eigenvalue weighted by Crippen LogP contribution is 2.40. The second-order valence-electron chi connectivity index (χ2n) is 7.40. The lowest BCUT2D eigenvalue weighted by Crippen LogP contribution is -2.42. The Morgan fingerprint density at radius 2 is 1.85 bits per heavy atom. The number of ether oxygens (including phenoxy) is 2. The van der Waals surface area contributed by atoms with Crippen LogP contribution in [-0.4, -0.2) is 54.6 Å². The molecule has 0 saturated heterocycles. The predicted molar refractivity (Wildman–Crippen MR) is 119 cm³/mol. The second kappa shape index (κ2) is 9.20. The van der Waals surface area contributed by atoms with Crippen molar-refractivity contribution in [3.63, 3.8) is 0 Å². The van der Waals surface area contributed by atoms with Crippen molar-refractivity contribution in [3.05, 3.63) is 53.1 Å². The Morgan fingerprint density at radius 1 is 1.15 bits per heavy atom. The minimum atomic E-state index is -4.68. The molecule has 1 aliphatic rings. The molecular weight excluding hydrogens is 452 g/mol. The van der Waals surface area contributed by atoms with Gasteiger partial charge in [-0.1, -0.05) is 12.1 Å². The number of fused-ring (bicyclic) bond motifs is 1. The maximum Gasteiger partial charge on any atom is 0.269 e. The number of amides is 3. The van der Waals surface area contributed by atoms with Gasteiger partial charge in [0.1, 0.15) is 5.25 Å². The first-order valence-corrected chi connectivity index (χ1v) is 11.6. The van der Waals surface area contributed by atoms with E-state index >= 15 is 0 Å². The van der Waals surface area contributed by atoms with Gasteiger partial charge >= 0.3 is 0 Å². The molecule has 2 atom stereocenters. The lowest BCUT2D eigenvalue weighted by atomic mass is 10.0. The number of anilines is 1. The highest BCUT2D eigenvalue weighted by molar-refractivity contribution is 7.86. The molecule has 2 unspecified atom stereocenters. The molecule has 0 bridgehead atoms. The van der Waals surface area contributed by atoms with Crippen molar-refractivity contribution in [3.8, 4) is 11.5 Å². The highest BCUT2D eigenvalue weighted by atomic mass is 32.2. The summed E-state index contributed by atoms with van der Waals surface area (Å²) in [4.78, 5) is 39.1. The predicted octanol–water partition coefficient (Wildman–Crippen LogP) is 2.67. The van der Waals surface area contributed by atoms with Crippen molar-refractivity contribution in [1.29, 1.82) is 0 Å². The fourth-order valence-corrected chi connectivity index (χ4v) is 4.39. The number of hydrogen-bond donors (Lipinski definition) is 2. The fraction of sp³-hybridized carbons (Fsp3) is 0.318. The number of nitrogens with zero attached hydrogens (tertiary/aromatic N) is 1. The third-order valence-electron chi connectivity index (χ3n) is 5.28. The third kappa shape index (κ3) is 4.55. The molecule has 1 aliphatic heterocycles. The standard InChI is InChI=1S/C22H24N2O8S/c1-5-32-18-11-14(9-10-17(18)31-4)20(12(2)33(28,29)30)24-21(26)15-7-6-8-16(23-13(3)25)19(15)22(24)27/h6-12,20H,5H2,1-4H3,(H,23,25)(H,28,29,30). The Bertz CT molecular complexity index is 1220. The maximum atomic E-state index is 13.4. The molecule has 3 rings (SSSR count). The Morgan fingerprint density at radius 3 is 2.42 bits per heavy atom. The third-order valence-corrected chi connectivity index (χ3v) is 6.48. The van der Waals surface area contributed by atoms with Crippen molar-refractivity contribution in [2.75, 3.05) is 19.0 Å². The number of rotatable bonds is 8.